The maximum atomic E-state index is 12.7. The topological polar surface area (TPSA) is 55.6 Å². The summed E-state index contributed by atoms with van der Waals surface area (Å²) >= 11 is 0. The maximum Gasteiger partial charge on any atom is 0.218 e. The molecule has 0 spiro atoms. The van der Waals surface area contributed by atoms with Gasteiger partial charge in [-0.2, -0.15) is 0 Å². The fourth-order valence-electron chi connectivity index (χ4n) is 1.75. The number of carbonyl (C=O) groups excluding carboxylic acids is 1. The molecule has 2 rings (SSSR count). The van der Waals surface area contributed by atoms with Crippen molar-refractivity contribution in [2.24, 2.45) is 5.73 Å². The van der Waals surface area contributed by atoms with Crippen molar-refractivity contribution >= 4 is 5.91 Å². The Morgan fingerprint density at radius 3 is 2.65 bits per heavy atom. The molecule has 1 aliphatic rings. The molecule has 4 nitrogen and oxygen atoms in total. The van der Waals surface area contributed by atoms with Crippen molar-refractivity contribution in [3.8, 4) is 5.75 Å². The van der Waals surface area contributed by atoms with Crippen molar-refractivity contribution in [2.45, 2.75) is 12.5 Å². The highest BCUT2D eigenvalue weighted by molar-refractivity contribution is 5.73. The minimum absolute atomic E-state index is 0.119. The van der Waals surface area contributed by atoms with Crippen molar-refractivity contribution in [1.82, 2.24) is 4.90 Å². The van der Waals surface area contributed by atoms with Crippen LogP contribution in [0.1, 0.15) is 6.42 Å². The molecule has 0 saturated carbocycles. The Kier molecular flexibility index (Phi) is 3.58. The van der Waals surface area contributed by atoms with Gasteiger partial charge in [-0.25, -0.2) is 4.39 Å². The normalized spacial score (nSPS) is 16.5. The highest BCUT2D eigenvalue weighted by atomic mass is 19.1. The monoisotopic (exact) mass is 238 g/mol. The molecule has 1 fully saturated rings. The predicted molar refractivity (Wildman–Crippen MR) is 61.1 cm³/mol. The fraction of sp³-hybridized carbons (Fsp3) is 0.417. The van der Waals surface area contributed by atoms with E-state index < -0.39 is 0 Å². The molecule has 1 aromatic carbocycles. The highest BCUT2D eigenvalue weighted by Crippen LogP contribution is 2.18. The molecule has 0 atom stereocenters. The fourth-order valence-corrected chi connectivity index (χ4v) is 1.75. The summed E-state index contributed by atoms with van der Waals surface area (Å²) in [4.78, 5) is 12.7. The molecule has 0 unspecified atom stereocenters. The van der Waals surface area contributed by atoms with Gasteiger partial charge < -0.3 is 10.5 Å². The number of halogens is 1. The lowest BCUT2D eigenvalue weighted by Gasteiger charge is -2.38. The number of benzene rings is 1. The van der Waals surface area contributed by atoms with Crippen LogP contribution in [0.15, 0.2) is 24.3 Å². The first-order valence-electron chi connectivity index (χ1n) is 5.56. The first-order chi connectivity index (χ1) is 8.13. The number of likely N-dealkylation sites (tertiary alicyclic amines) is 1. The van der Waals surface area contributed by atoms with Crippen LogP contribution in [0.5, 0.6) is 5.75 Å². The number of amides is 1. The zero-order chi connectivity index (χ0) is 12.3. The Balaban J connectivity index is 1.70. The average Bonchev–Trinajstić information content (AvgIpc) is 2.23. The summed E-state index contributed by atoms with van der Waals surface area (Å²) in [5, 5.41) is 0. The van der Waals surface area contributed by atoms with Gasteiger partial charge in [-0.05, 0) is 24.3 Å². The van der Waals surface area contributed by atoms with Crippen molar-refractivity contribution in [1.29, 1.82) is 0 Å². The van der Waals surface area contributed by atoms with E-state index in [4.69, 9.17) is 10.5 Å². The van der Waals surface area contributed by atoms with Crippen molar-refractivity contribution in [3.63, 3.8) is 0 Å². The molecule has 0 bridgehead atoms. The number of carbonyl (C=O) groups is 1. The van der Waals surface area contributed by atoms with Crippen LogP contribution in [0.2, 0.25) is 0 Å². The molecule has 0 aromatic heterocycles. The summed E-state index contributed by atoms with van der Waals surface area (Å²) in [5.74, 6) is 0.118. The average molecular weight is 238 g/mol. The number of nitrogens with two attached hydrogens (primary N) is 1. The molecule has 0 radical (unpaired) electrons. The Labute approximate surface area is 99.2 Å². The van der Waals surface area contributed by atoms with E-state index in [0.29, 0.717) is 18.7 Å². The van der Waals surface area contributed by atoms with Crippen LogP contribution >= 0.6 is 0 Å². The Morgan fingerprint density at radius 2 is 2.06 bits per heavy atom. The summed E-state index contributed by atoms with van der Waals surface area (Å²) in [7, 11) is 0. The summed E-state index contributed by atoms with van der Waals surface area (Å²) < 4.78 is 18.3. The van der Waals surface area contributed by atoms with Crippen LogP contribution in [0.4, 0.5) is 4.39 Å². The van der Waals surface area contributed by atoms with Crippen LogP contribution in [0.3, 0.4) is 0 Å². The molecule has 92 valence electrons. The third kappa shape index (κ3) is 3.42. The number of nitrogens with zero attached hydrogens (tertiary/aromatic N) is 1. The largest absolute Gasteiger partial charge is 0.488 e. The predicted octanol–water partition coefficient (Wildman–Crippen LogP) is 0.764. The van der Waals surface area contributed by atoms with Crippen LogP contribution in [0, 0.1) is 5.82 Å². The molecular weight excluding hydrogens is 223 g/mol. The van der Waals surface area contributed by atoms with Gasteiger partial charge in [-0.15, -0.1) is 0 Å². The van der Waals surface area contributed by atoms with Gasteiger partial charge in [-0.1, -0.05) is 0 Å². The number of rotatable bonds is 5. The molecule has 5 heteroatoms. The Bertz CT molecular complexity index is 388. The second-order valence-corrected chi connectivity index (χ2v) is 4.17. The third-order valence-corrected chi connectivity index (χ3v) is 2.71. The van der Waals surface area contributed by atoms with Gasteiger partial charge in [0.05, 0.1) is 0 Å². The van der Waals surface area contributed by atoms with Gasteiger partial charge in [0.15, 0.2) is 0 Å². The zero-order valence-corrected chi connectivity index (χ0v) is 9.43. The van der Waals surface area contributed by atoms with Crippen molar-refractivity contribution in [2.75, 3.05) is 19.6 Å². The number of primary amides is 1. The van der Waals surface area contributed by atoms with E-state index in [1.54, 1.807) is 12.1 Å². The van der Waals surface area contributed by atoms with Gasteiger partial charge in [-0.3, -0.25) is 9.69 Å². The molecule has 1 aliphatic heterocycles. The molecule has 2 N–H and O–H groups in total. The maximum absolute atomic E-state index is 12.7. The number of hydrogen-bond donors (Lipinski definition) is 1. The van der Waals surface area contributed by atoms with E-state index in [9.17, 15) is 9.18 Å². The third-order valence-electron chi connectivity index (χ3n) is 2.71. The Morgan fingerprint density at radius 1 is 1.41 bits per heavy atom. The summed E-state index contributed by atoms with van der Waals surface area (Å²) in [6, 6.07) is 5.97. The van der Waals surface area contributed by atoms with Crippen LogP contribution in [-0.4, -0.2) is 36.5 Å². The highest BCUT2D eigenvalue weighted by Gasteiger charge is 2.28. The lowest BCUT2D eigenvalue weighted by atomic mass is 10.1. The van der Waals surface area contributed by atoms with E-state index in [1.165, 1.54) is 12.1 Å². The van der Waals surface area contributed by atoms with E-state index in [1.807, 2.05) is 0 Å². The lowest BCUT2D eigenvalue weighted by molar-refractivity contribution is -0.118. The summed E-state index contributed by atoms with van der Waals surface area (Å²) in [6.07, 6.45) is 0.497. The quantitative estimate of drug-likeness (QED) is 0.824. The van der Waals surface area contributed by atoms with Gasteiger partial charge in [0, 0.05) is 26.1 Å². The molecule has 1 heterocycles. The minimum atomic E-state index is -0.284. The van der Waals surface area contributed by atoms with Crippen LogP contribution in [-0.2, 0) is 4.79 Å². The van der Waals surface area contributed by atoms with E-state index in [2.05, 4.69) is 4.90 Å². The van der Waals surface area contributed by atoms with Gasteiger partial charge >= 0.3 is 0 Å². The first kappa shape index (κ1) is 11.9. The van der Waals surface area contributed by atoms with Crippen LogP contribution < -0.4 is 10.5 Å². The summed E-state index contributed by atoms with van der Waals surface area (Å²) in [6.45, 7) is 2.24. The van der Waals surface area contributed by atoms with E-state index in [0.717, 1.165) is 13.1 Å². The second-order valence-electron chi connectivity index (χ2n) is 4.17. The van der Waals surface area contributed by atoms with E-state index >= 15 is 0 Å². The lowest BCUT2D eigenvalue weighted by Crippen LogP contribution is -2.54. The van der Waals surface area contributed by atoms with Gasteiger partial charge in [0.1, 0.15) is 17.7 Å². The van der Waals surface area contributed by atoms with Crippen molar-refractivity contribution < 1.29 is 13.9 Å². The first-order valence-corrected chi connectivity index (χ1v) is 5.56. The molecule has 0 aliphatic carbocycles. The zero-order valence-electron chi connectivity index (χ0n) is 9.43. The Hall–Kier alpha value is -1.62. The minimum Gasteiger partial charge on any atom is -0.488 e. The van der Waals surface area contributed by atoms with Gasteiger partial charge in [0.2, 0.25) is 5.91 Å². The summed E-state index contributed by atoms with van der Waals surface area (Å²) in [5.41, 5.74) is 5.06. The molecule has 1 aromatic rings. The molecule has 1 amide bonds. The number of ether oxygens (including phenoxy) is 1. The van der Waals surface area contributed by atoms with E-state index in [-0.39, 0.29) is 17.8 Å². The second kappa shape index (κ2) is 5.14. The van der Waals surface area contributed by atoms with Gasteiger partial charge in [0.25, 0.3) is 0 Å². The molecule has 17 heavy (non-hydrogen) atoms. The molecule has 1 saturated heterocycles. The van der Waals surface area contributed by atoms with Crippen LogP contribution in [0.25, 0.3) is 0 Å². The number of hydrogen-bond acceptors (Lipinski definition) is 3. The standard InChI is InChI=1S/C12H15FN2O2/c13-9-1-3-10(4-2-9)17-11-7-15(8-11)6-5-12(14)16/h1-4,11H,5-8H2,(H2,14,16). The SMILES string of the molecule is NC(=O)CCN1CC(Oc2ccc(F)cc2)C1. The molecular formula is C12H15FN2O2. The van der Waals surface area contributed by atoms with Crippen molar-refractivity contribution in [3.05, 3.63) is 30.1 Å². The smallest absolute Gasteiger partial charge is 0.218 e.